The van der Waals surface area contributed by atoms with Crippen molar-refractivity contribution in [1.82, 2.24) is 0 Å². The van der Waals surface area contributed by atoms with Gasteiger partial charge in [0.05, 0.1) is 25.7 Å². The van der Waals surface area contributed by atoms with Crippen LogP contribution >= 0.6 is 0 Å². The summed E-state index contributed by atoms with van der Waals surface area (Å²) in [4.78, 5) is 0. The lowest BCUT2D eigenvalue weighted by Gasteiger charge is -2.01. The van der Waals surface area contributed by atoms with Crippen molar-refractivity contribution in [3.63, 3.8) is 0 Å². The fraction of sp³-hybridized carbons (Fsp3) is 0.600. The molecule has 0 aliphatic carbocycles. The Bertz CT molecular complexity index is 355. The monoisotopic (exact) mass is 308 g/mol. The maximum atomic E-state index is 5.00. The fourth-order valence-corrected chi connectivity index (χ4v) is 1.38. The van der Waals surface area contributed by atoms with E-state index in [-0.39, 0.29) is 0 Å². The summed E-state index contributed by atoms with van der Waals surface area (Å²) in [5, 5.41) is 0. The zero-order valence-corrected chi connectivity index (χ0v) is 15.8. The van der Waals surface area contributed by atoms with E-state index >= 15 is 0 Å². The van der Waals surface area contributed by atoms with E-state index in [1.807, 2.05) is 6.92 Å². The summed E-state index contributed by atoms with van der Waals surface area (Å²) in [6.07, 6.45) is 11.8. The van der Waals surface area contributed by atoms with Crippen LogP contribution in [0.3, 0.4) is 0 Å². The number of hydrogen-bond acceptors (Lipinski definition) is 2. The van der Waals surface area contributed by atoms with Crippen molar-refractivity contribution in [3.05, 3.63) is 47.5 Å². The van der Waals surface area contributed by atoms with E-state index in [2.05, 4.69) is 52.5 Å². The molecule has 0 aromatic rings. The third-order valence-corrected chi connectivity index (χ3v) is 3.51. The van der Waals surface area contributed by atoms with Crippen molar-refractivity contribution in [3.8, 4) is 0 Å². The van der Waals surface area contributed by atoms with Gasteiger partial charge in [0.25, 0.3) is 0 Å². The minimum atomic E-state index is 0.866. The summed E-state index contributed by atoms with van der Waals surface area (Å²) >= 11 is 0. The molecule has 0 heterocycles. The first-order valence-corrected chi connectivity index (χ1v) is 8.14. The van der Waals surface area contributed by atoms with Crippen LogP contribution in [0.4, 0.5) is 0 Å². The second kappa shape index (κ2) is 15.9. The van der Waals surface area contributed by atoms with Crippen LogP contribution in [0.15, 0.2) is 47.5 Å². The zero-order chi connectivity index (χ0) is 17.4. The summed E-state index contributed by atoms with van der Waals surface area (Å²) in [6, 6.07) is 0. The zero-order valence-electron chi connectivity index (χ0n) is 15.8. The number of rotatable bonds is 9. The number of allylic oxidation sites excluding steroid dienone is 7. The topological polar surface area (TPSA) is 18.5 Å². The number of ether oxygens (including phenoxy) is 2. The van der Waals surface area contributed by atoms with Crippen molar-refractivity contribution in [2.45, 2.75) is 66.7 Å². The van der Waals surface area contributed by atoms with Gasteiger partial charge in [-0.2, -0.15) is 0 Å². The van der Waals surface area contributed by atoms with Gasteiger partial charge in [-0.15, -0.1) is 0 Å². The average molecular weight is 309 g/mol. The highest BCUT2D eigenvalue weighted by Gasteiger charge is 1.89. The highest BCUT2D eigenvalue weighted by molar-refractivity contribution is 5.02. The Morgan fingerprint density at radius 2 is 1.41 bits per heavy atom. The predicted molar refractivity (Wildman–Crippen MR) is 98.9 cm³/mol. The molecule has 0 bridgehead atoms. The van der Waals surface area contributed by atoms with Crippen molar-refractivity contribution < 1.29 is 9.47 Å². The minimum absolute atomic E-state index is 0.866. The molecule has 128 valence electrons. The average Bonchev–Trinajstić information content (AvgIpc) is 2.54. The maximum Gasteiger partial charge on any atom is 0.0887 e. The lowest BCUT2D eigenvalue weighted by molar-refractivity contribution is 0.280. The Kier molecular flexibility index (Phi) is 16.5. The predicted octanol–water partition coefficient (Wildman–Crippen LogP) is 6.57. The van der Waals surface area contributed by atoms with Gasteiger partial charge in [0.1, 0.15) is 0 Å². The second-order valence-electron chi connectivity index (χ2n) is 5.34. The minimum Gasteiger partial charge on any atom is -0.502 e. The van der Waals surface area contributed by atoms with Gasteiger partial charge in [0.15, 0.2) is 0 Å². The van der Waals surface area contributed by atoms with E-state index in [0.717, 1.165) is 43.6 Å². The SMILES string of the molecule is C=C(CC/C=C(\C)CC)OC.CC/C(C)=C\C/C=C(\C)OC. The molecule has 2 heteroatoms. The molecule has 0 aliphatic heterocycles. The molecule has 0 saturated heterocycles. The van der Waals surface area contributed by atoms with E-state index in [4.69, 9.17) is 9.47 Å². The van der Waals surface area contributed by atoms with Gasteiger partial charge in [-0.1, -0.05) is 43.7 Å². The summed E-state index contributed by atoms with van der Waals surface area (Å²) in [5.41, 5.74) is 2.87. The molecule has 0 saturated carbocycles. The summed E-state index contributed by atoms with van der Waals surface area (Å²) < 4.78 is 9.94. The Labute approximate surface area is 138 Å². The number of methoxy groups -OCH3 is 2. The van der Waals surface area contributed by atoms with E-state index in [1.54, 1.807) is 14.2 Å². The van der Waals surface area contributed by atoms with Crippen molar-refractivity contribution in [2.24, 2.45) is 0 Å². The summed E-state index contributed by atoms with van der Waals surface area (Å²) in [7, 11) is 3.36. The van der Waals surface area contributed by atoms with Crippen LogP contribution in [-0.4, -0.2) is 14.2 Å². The third kappa shape index (κ3) is 16.6. The van der Waals surface area contributed by atoms with Crippen LogP contribution < -0.4 is 0 Å². The molecule has 0 fully saturated rings. The van der Waals surface area contributed by atoms with Crippen LogP contribution in [0.5, 0.6) is 0 Å². The molecule has 0 aromatic carbocycles. The largest absolute Gasteiger partial charge is 0.502 e. The van der Waals surface area contributed by atoms with E-state index < -0.39 is 0 Å². The van der Waals surface area contributed by atoms with Gasteiger partial charge < -0.3 is 9.47 Å². The van der Waals surface area contributed by atoms with Crippen molar-refractivity contribution in [1.29, 1.82) is 0 Å². The molecule has 0 spiro atoms. The van der Waals surface area contributed by atoms with Gasteiger partial charge >= 0.3 is 0 Å². The molecule has 0 amide bonds. The van der Waals surface area contributed by atoms with Gasteiger partial charge in [-0.05, 0) is 52.5 Å². The van der Waals surface area contributed by atoms with Gasteiger partial charge in [0.2, 0.25) is 0 Å². The van der Waals surface area contributed by atoms with Crippen LogP contribution in [0.25, 0.3) is 0 Å². The van der Waals surface area contributed by atoms with Crippen LogP contribution in [0.2, 0.25) is 0 Å². The maximum absolute atomic E-state index is 5.00. The van der Waals surface area contributed by atoms with Crippen molar-refractivity contribution >= 4 is 0 Å². The Morgan fingerprint density at radius 3 is 1.86 bits per heavy atom. The van der Waals surface area contributed by atoms with Crippen LogP contribution in [-0.2, 0) is 9.47 Å². The molecule has 22 heavy (non-hydrogen) atoms. The third-order valence-electron chi connectivity index (χ3n) is 3.51. The number of hydrogen-bond donors (Lipinski definition) is 0. The van der Waals surface area contributed by atoms with E-state index in [1.165, 1.54) is 11.1 Å². The normalized spacial score (nSPS) is 12.4. The van der Waals surface area contributed by atoms with Crippen LogP contribution in [0, 0.1) is 0 Å². The van der Waals surface area contributed by atoms with E-state index in [9.17, 15) is 0 Å². The highest BCUT2D eigenvalue weighted by Crippen LogP contribution is 2.07. The Balaban J connectivity index is 0. The molecule has 0 rings (SSSR count). The van der Waals surface area contributed by atoms with Gasteiger partial charge in [-0.25, -0.2) is 0 Å². The molecule has 0 aliphatic rings. The smallest absolute Gasteiger partial charge is 0.0887 e. The molecular formula is C20H36O2. The molecule has 0 radical (unpaired) electrons. The lowest BCUT2D eigenvalue weighted by Crippen LogP contribution is -1.83. The fourth-order valence-electron chi connectivity index (χ4n) is 1.38. The Hall–Kier alpha value is -1.44. The molecule has 0 unspecified atom stereocenters. The van der Waals surface area contributed by atoms with Crippen molar-refractivity contribution in [2.75, 3.05) is 14.2 Å². The quantitative estimate of drug-likeness (QED) is 0.354. The standard InChI is InChI=1S/2C10H18O/c2*1-5-9(2)7-6-8-10(3)11-4/h7-8H,5-6H2,1-4H3;7H,3,5-6,8H2,1-2,4H3/b9-7-,10-8+;9-7+. The molecule has 2 nitrogen and oxygen atoms in total. The molecule has 0 atom stereocenters. The van der Waals surface area contributed by atoms with Crippen LogP contribution in [0.1, 0.15) is 66.7 Å². The first-order chi connectivity index (χ1) is 10.4. The van der Waals surface area contributed by atoms with Gasteiger partial charge in [-0.3, -0.25) is 0 Å². The highest BCUT2D eigenvalue weighted by atomic mass is 16.5. The first-order valence-electron chi connectivity index (χ1n) is 8.14. The molecule has 0 aromatic heterocycles. The van der Waals surface area contributed by atoms with E-state index in [0.29, 0.717) is 0 Å². The lowest BCUT2D eigenvalue weighted by atomic mass is 10.1. The van der Waals surface area contributed by atoms with Gasteiger partial charge in [0, 0.05) is 6.42 Å². The molecular weight excluding hydrogens is 272 g/mol. The summed E-state index contributed by atoms with van der Waals surface area (Å²) in [5.74, 6) is 1.86. The molecule has 0 N–H and O–H groups in total. The summed E-state index contributed by atoms with van der Waals surface area (Å²) in [6.45, 7) is 14.3. The Morgan fingerprint density at radius 1 is 0.864 bits per heavy atom. The first kappa shape index (κ1) is 22.8. The second-order valence-corrected chi connectivity index (χ2v) is 5.34.